The van der Waals surface area contributed by atoms with Gasteiger partial charge in [0.15, 0.2) is 5.78 Å². The van der Waals surface area contributed by atoms with Crippen LogP contribution in [-0.4, -0.2) is 36.4 Å². The first kappa shape index (κ1) is 17.5. The van der Waals surface area contributed by atoms with Crippen molar-refractivity contribution >= 4 is 17.2 Å². The second kappa shape index (κ2) is 8.67. The second-order valence-corrected chi connectivity index (χ2v) is 5.57. The smallest absolute Gasteiger partial charge is 0.161 e. The summed E-state index contributed by atoms with van der Waals surface area (Å²) >= 11 is 0. The van der Waals surface area contributed by atoms with Crippen LogP contribution in [0.5, 0.6) is 0 Å². The highest BCUT2D eigenvalue weighted by atomic mass is 16.1. The standard InChI is InChI=1S/C17H29N3O/c1-5-20(6-2)11-7-8-13(3)19-15-9-10-17(18)16(12-15)14(4)21/h9-10,12-13,19H,5-8,11,18H2,1-4H3. The summed E-state index contributed by atoms with van der Waals surface area (Å²) in [5.41, 5.74) is 7.91. The summed E-state index contributed by atoms with van der Waals surface area (Å²) in [5, 5.41) is 3.45. The number of nitrogen functional groups attached to an aromatic ring is 1. The molecular formula is C17H29N3O. The van der Waals surface area contributed by atoms with Gasteiger partial charge in [-0.1, -0.05) is 13.8 Å². The van der Waals surface area contributed by atoms with E-state index in [1.807, 2.05) is 12.1 Å². The van der Waals surface area contributed by atoms with Crippen LogP contribution in [0.3, 0.4) is 0 Å². The maximum Gasteiger partial charge on any atom is 0.161 e. The number of rotatable bonds is 9. The molecule has 0 radical (unpaired) electrons. The van der Waals surface area contributed by atoms with Crippen LogP contribution in [0.25, 0.3) is 0 Å². The summed E-state index contributed by atoms with van der Waals surface area (Å²) in [6, 6.07) is 5.95. The summed E-state index contributed by atoms with van der Waals surface area (Å²) < 4.78 is 0. The van der Waals surface area contributed by atoms with E-state index in [9.17, 15) is 4.79 Å². The molecule has 118 valence electrons. The van der Waals surface area contributed by atoms with Gasteiger partial charge in [0.2, 0.25) is 0 Å². The molecule has 1 atom stereocenters. The van der Waals surface area contributed by atoms with Crippen molar-refractivity contribution in [2.45, 2.75) is 46.6 Å². The lowest BCUT2D eigenvalue weighted by atomic mass is 10.1. The number of carbonyl (C=O) groups is 1. The van der Waals surface area contributed by atoms with E-state index in [0.717, 1.165) is 31.7 Å². The average molecular weight is 291 g/mol. The fourth-order valence-corrected chi connectivity index (χ4v) is 2.47. The Hall–Kier alpha value is -1.55. The predicted octanol–water partition coefficient (Wildman–Crippen LogP) is 3.39. The molecule has 1 unspecified atom stereocenters. The van der Waals surface area contributed by atoms with E-state index in [0.29, 0.717) is 17.3 Å². The van der Waals surface area contributed by atoms with Crippen LogP contribution in [0.2, 0.25) is 0 Å². The van der Waals surface area contributed by atoms with Gasteiger partial charge >= 0.3 is 0 Å². The Morgan fingerprint density at radius 1 is 1.33 bits per heavy atom. The number of nitrogens with two attached hydrogens (primary N) is 1. The van der Waals surface area contributed by atoms with E-state index in [4.69, 9.17) is 5.73 Å². The third-order valence-electron chi connectivity index (χ3n) is 3.85. The Labute approximate surface area is 128 Å². The van der Waals surface area contributed by atoms with Gasteiger partial charge < -0.3 is 16.0 Å². The first-order chi connectivity index (χ1) is 9.97. The molecule has 0 amide bonds. The lowest BCUT2D eigenvalue weighted by Crippen LogP contribution is -2.25. The van der Waals surface area contributed by atoms with Gasteiger partial charge in [-0.25, -0.2) is 0 Å². The number of nitrogens with one attached hydrogen (secondary N) is 1. The zero-order valence-electron chi connectivity index (χ0n) is 13.8. The minimum atomic E-state index is 0.00494. The molecule has 0 fully saturated rings. The molecule has 0 aliphatic rings. The maximum atomic E-state index is 11.5. The number of anilines is 2. The van der Waals surface area contributed by atoms with Crippen LogP contribution in [0.4, 0.5) is 11.4 Å². The third-order valence-corrected chi connectivity index (χ3v) is 3.85. The first-order valence-electron chi connectivity index (χ1n) is 7.87. The number of nitrogens with zero attached hydrogens (tertiary/aromatic N) is 1. The van der Waals surface area contributed by atoms with Gasteiger partial charge in [0.05, 0.1) is 0 Å². The molecule has 0 aliphatic heterocycles. The van der Waals surface area contributed by atoms with E-state index >= 15 is 0 Å². The van der Waals surface area contributed by atoms with Crippen molar-refractivity contribution in [1.82, 2.24) is 4.90 Å². The van der Waals surface area contributed by atoms with Gasteiger partial charge in [-0.2, -0.15) is 0 Å². The van der Waals surface area contributed by atoms with E-state index in [2.05, 4.69) is 31.0 Å². The molecule has 0 saturated heterocycles. The summed E-state index contributed by atoms with van der Waals surface area (Å²) in [6.45, 7) is 11.5. The highest BCUT2D eigenvalue weighted by Gasteiger charge is 2.08. The van der Waals surface area contributed by atoms with Gasteiger partial charge in [-0.15, -0.1) is 0 Å². The normalized spacial score (nSPS) is 12.4. The minimum absolute atomic E-state index is 0.00494. The molecule has 0 aromatic heterocycles. The van der Waals surface area contributed by atoms with E-state index < -0.39 is 0 Å². The number of ketones is 1. The molecule has 3 N–H and O–H groups in total. The number of hydrogen-bond donors (Lipinski definition) is 2. The Morgan fingerprint density at radius 2 is 2.00 bits per heavy atom. The lowest BCUT2D eigenvalue weighted by Gasteiger charge is -2.20. The molecule has 0 aliphatic carbocycles. The molecular weight excluding hydrogens is 262 g/mol. The predicted molar refractivity (Wildman–Crippen MR) is 91.0 cm³/mol. The zero-order chi connectivity index (χ0) is 15.8. The van der Waals surface area contributed by atoms with Crippen molar-refractivity contribution in [1.29, 1.82) is 0 Å². The Morgan fingerprint density at radius 3 is 2.57 bits per heavy atom. The van der Waals surface area contributed by atoms with Crippen molar-refractivity contribution in [2.24, 2.45) is 0 Å². The van der Waals surface area contributed by atoms with Gasteiger partial charge in [0.1, 0.15) is 0 Å². The summed E-state index contributed by atoms with van der Waals surface area (Å²) in [5.74, 6) is 0.00494. The topological polar surface area (TPSA) is 58.4 Å². The third kappa shape index (κ3) is 5.76. The summed E-state index contributed by atoms with van der Waals surface area (Å²) in [6.07, 6.45) is 2.28. The fraction of sp³-hybridized carbons (Fsp3) is 0.588. The SMILES string of the molecule is CCN(CC)CCCC(C)Nc1ccc(N)c(C(C)=O)c1. The zero-order valence-corrected chi connectivity index (χ0v) is 13.8. The molecule has 21 heavy (non-hydrogen) atoms. The molecule has 0 saturated carbocycles. The molecule has 0 bridgehead atoms. The maximum absolute atomic E-state index is 11.5. The van der Waals surface area contributed by atoms with Crippen molar-refractivity contribution in [3.63, 3.8) is 0 Å². The van der Waals surface area contributed by atoms with Crippen LogP contribution in [0, 0.1) is 0 Å². The first-order valence-corrected chi connectivity index (χ1v) is 7.87. The monoisotopic (exact) mass is 291 g/mol. The molecule has 1 aromatic rings. The van der Waals surface area contributed by atoms with Crippen molar-refractivity contribution in [2.75, 3.05) is 30.7 Å². The van der Waals surface area contributed by atoms with Crippen molar-refractivity contribution in [3.05, 3.63) is 23.8 Å². The Bertz CT molecular complexity index is 455. The van der Waals surface area contributed by atoms with Crippen LogP contribution in [0.15, 0.2) is 18.2 Å². The van der Waals surface area contributed by atoms with Crippen molar-refractivity contribution < 1.29 is 4.79 Å². The second-order valence-electron chi connectivity index (χ2n) is 5.57. The Kier molecular flexibility index (Phi) is 7.23. The molecule has 1 aromatic carbocycles. The number of carbonyl (C=O) groups excluding carboxylic acids is 1. The lowest BCUT2D eigenvalue weighted by molar-refractivity contribution is 0.101. The van der Waals surface area contributed by atoms with E-state index in [-0.39, 0.29) is 5.78 Å². The summed E-state index contributed by atoms with van der Waals surface area (Å²) in [7, 11) is 0. The van der Waals surface area contributed by atoms with Crippen molar-refractivity contribution in [3.8, 4) is 0 Å². The van der Waals surface area contributed by atoms with Crippen LogP contribution in [-0.2, 0) is 0 Å². The molecule has 0 spiro atoms. The van der Waals surface area contributed by atoms with E-state index in [1.54, 1.807) is 13.0 Å². The Balaban J connectivity index is 2.49. The van der Waals surface area contributed by atoms with E-state index in [1.165, 1.54) is 6.42 Å². The van der Waals surface area contributed by atoms with Crippen LogP contribution in [0.1, 0.15) is 50.9 Å². The minimum Gasteiger partial charge on any atom is -0.398 e. The number of benzene rings is 1. The van der Waals surface area contributed by atoms with Gasteiger partial charge in [-0.05, 0) is 64.5 Å². The van der Waals surface area contributed by atoms with Crippen LogP contribution < -0.4 is 11.1 Å². The number of Topliss-reactive ketones (excluding diaryl/α,β-unsaturated/α-hetero) is 1. The fourth-order valence-electron chi connectivity index (χ4n) is 2.47. The highest BCUT2D eigenvalue weighted by Crippen LogP contribution is 2.19. The molecule has 1 rings (SSSR count). The van der Waals surface area contributed by atoms with Gasteiger partial charge in [-0.3, -0.25) is 4.79 Å². The highest BCUT2D eigenvalue weighted by molar-refractivity contribution is 6.00. The van der Waals surface area contributed by atoms with Crippen LogP contribution >= 0.6 is 0 Å². The molecule has 4 heteroatoms. The quantitative estimate of drug-likeness (QED) is 0.541. The molecule has 0 heterocycles. The largest absolute Gasteiger partial charge is 0.398 e. The average Bonchev–Trinajstić information content (AvgIpc) is 2.45. The van der Waals surface area contributed by atoms with Gasteiger partial charge in [0, 0.05) is 23.0 Å². The van der Waals surface area contributed by atoms with Gasteiger partial charge in [0.25, 0.3) is 0 Å². The number of hydrogen-bond acceptors (Lipinski definition) is 4. The summed E-state index contributed by atoms with van der Waals surface area (Å²) in [4.78, 5) is 13.9. The molecule has 4 nitrogen and oxygen atoms in total.